The summed E-state index contributed by atoms with van der Waals surface area (Å²) in [4.78, 5) is 20.1. The third-order valence-corrected chi connectivity index (χ3v) is 6.87. The average Bonchev–Trinajstić information content (AvgIpc) is 3.45. The zero-order chi connectivity index (χ0) is 22.1. The highest BCUT2D eigenvalue weighted by Gasteiger charge is 2.24. The van der Waals surface area contributed by atoms with E-state index in [4.69, 9.17) is 16.3 Å². The topological polar surface area (TPSA) is 85.7 Å². The molecule has 164 valence electrons. The Kier molecular flexibility index (Phi) is 5.99. The van der Waals surface area contributed by atoms with E-state index in [1.165, 1.54) is 11.8 Å². The van der Waals surface area contributed by atoms with Crippen molar-refractivity contribution < 1.29 is 4.74 Å². The fraction of sp³-hybridized carbons (Fsp3) is 0.304. The number of aromatic amines is 1. The zero-order valence-electron chi connectivity index (χ0n) is 17.5. The Morgan fingerprint density at radius 2 is 2.03 bits per heavy atom. The molecule has 5 rings (SSSR count). The third kappa shape index (κ3) is 4.30. The molecule has 2 atom stereocenters. The minimum Gasteiger partial charge on any atom is -0.376 e. The molecule has 4 aromatic rings. The number of nitrogens with one attached hydrogen (secondary N) is 1. The molecule has 0 radical (unpaired) electrons. The normalized spacial score (nSPS) is 17.1. The van der Waals surface area contributed by atoms with Gasteiger partial charge in [-0.25, -0.2) is 4.98 Å². The molecular formula is C23H22ClN5O2S. The molecule has 1 saturated heterocycles. The highest BCUT2D eigenvalue weighted by Crippen LogP contribution is 2.35. The largest absolute Gasteiger partial charge is 0.376 e. The van der Waals surface area contributed by atoms with Crippen LogP contribution in [0.3, 0.4) is 0 Å². The minimum absolute atomic E-state index is 0.127. The number of benzene rings is 2. The first kappa shape index (κ1) is 21.2. The molecular weight excluding hydrogens is 446 g/mol. The summed E-state index contributed by atoms with van der Waals surface area (Å²) in [6.45, 7) is 3.46. The van der Waals surface area contributed by atoms with Crippen molar-refractivity contribution >= 4 is 34.3 Å². The number of para-hydroxylation sites is 1. The van der Waals surface area contributed by atoms with Crippen LogP contribution in [0.4, 0.5) is 0 Å². The predicted octanol–water partition coefficient (Wildman–Crippen LogP) is 4.87. The maximum absolute atomic E-state index is 12.5. The van der Waals surface area contributed by atoms with Gasteiger partial charge in [0.2, 0.25) is 0 Å². The number of halogens is 1. The molecule has 7 nitrogen and oxygen atoms in total. The Bertz CT molecular complexity index is 1300. The van der Waals surface area contributed by atoms with Gasteiger partial charge >= 0.3 is 0 Å². The highest BCUT2D eigenvalue weighted by atomic mass is 35.5. The minimum atomic E-state index is -0.138. The van der Waals surface area contributed by atoms with E-state index >= 15 is 0 Å². The summed E-state index contributed by atoms with van der Waals surface area (Å²) in [5.41, 5.74) is 1.48. The zero-order valence-corrected chi connectivity index (χ0v) is 19.1. The van der Waals surface area contributed by atoms with Crippen LogP contribution in [0.25, 0.3) is 22.3 Å². The lowest BCUT2D eigenvalue weighted by Crippen LogP contribution is -2.17. The number of H-pyrrole nitrogens is 1. The second kappa shape index (κ2) is 9.05. The van der Waals surface area contributed by atoms with Gasteiger partial charge in [0.05, 0.1) is 28.8 Å². The first-order valence-electron chi connectivity index (χ1n) is 10.5. The van der Waals surface area contributed by atoms with Crippen LogP contribution in [-0.2, 0) is 11.3 Å². The van der Waals surface area contributed by atoms with Crippen molar-refractivity contribution in [3.05, 3.63) is 69.7 Å². The van der Waals surface area contributed by atoms with E-state index in [9.17, 15) is 4.79 Å². The number of hydrogen-bond donors (Lipinski definition) is 1. The summed E-state index contributed by atoms with van der Waals surface area (Å²) in [6.07, 6.45) is 2.20. The predicted molar refractivity (Wildman–Crippen MR) is 126 cm³/mol. The maximum atomic E-state index is 12.5. The molecule has 3 heterocycles. The molecule has 0 unspecified atom stereocenters. The number of aromatic nitrogens is 5. The van der Waals surface area contributed by atoms with E-state index in [0.717, 1.165) is 36.0 Å². The fourth-order valence-electron chi connectivity index (χ4n) is 3.86. The van der Waals surface area contributed by atoms with Crippen LogP contribution in [0.5, 0.6) is 0 Å². The molecule has 1 aliphatic rings. The van der Waals surface area contributed by atoms with E-state index < -0.39 is 0 Å². The van der Waals surface area contributed by atoms with Gasteiger partial charge in [-0.2, -0.15) is 0 Å². The summed E-state index contributed by atoms with van der Waals surface area (Å²) < 4.78 is 7.97. The van der Waals surface area contributed by atoms with E-state index in [1.54, 1.807) is 6.07 Å². The van der Waals surface area contributed by atoms with Crippen LogP contribution in [0.1, 0.15) is 30.8 Å². The summed E-state index contributed by atoms with van der Waals surface area (Å²) in [5.74, 6) is 1.38. The lowest BCUT2D eigenvalue weighted by Gasteiger charge is -2.16. The highest BCUT2D eigenvalue weighted by molar-refractivity contribution is 7.99. The van der Waals surface area contributed by atoms with Crippen molar-refractivity contribution in [3.8, 4) is 11.4 Å². The number of hydrogen-bond acceptors (Lipinski definition) is 6. The van der Waals surface area contributed by atoms with Gasteiger partial charge in [0, 0.05) is 17.2 Å². The van der Waals surface area contributed by atoms with Crippen LogP contribution in [-0.4, -0.2) is 37.4 Å². The van der Waals surface area contributed by atoms with Crippen molar-refractivity contribution in [2.24, 2.45) is 0 Å². The molecule has 0 amide bonds. The molecule has 1 N–H and O–H groups in total. The van der Waals surface area contributed by atoms with Gasteiger partial charge in [0.15, 0.2) is 11.0 Å². The van der Waals surface area contributed by atoms with Crippen LogP contribution < -0.4 is 5.56 Å². The smallest absolute Gasteiger partial charge is 0.258 e. The lowest BCUT2D eigenvalue weighted by atomic mass is 10.2. The molecule has 2 aromatic heterocycles. The number of thioether (sulfide) groups is 1. The summed E-state index contributed by atoms with van der Waals surface area (Å²) in [7, 11) is 0. The van der Waals surface area contributed by atoms with Crippen LogP contribution in [0.2, 0.25) is 5.02 Å². The van der Waals surface area contributed by atoms with Gasteiger partial charge in [-0.05, 0) is 56.2 Å². The monoisotopic (exact) mass is 467 g/mol. The van der Waals surface area contributed by atoms with E-state index in [-0.39, 0.29) is 16.9 Å². The second-order valence-electron chi connectivity index (χ2n) is 7.79. The van der Waals surface area contributed by atoms with Gasteiger partial charge in [0.25, 0.3) is 5.56 Å². The molecule has 0 spiro atoms. The van der Waals surface area contributed by atoms with Crippen LogP contribution in [0.15, 0.2) is 58.5 Å². The third-order valence-electron chi connectivity index (χ3n) is 5.53. The summed E-state index contributed by atoms with van der Waals surface area (Å²) in [5, 5.41) is 10.8. The number of nitrogens with zero attached hydrogens (tertiary/aromatic N) is 4. The van der Waals surface area contributed by atoms with Crippen LogP contribution >= 0.6 is 23.4 Å². The SMILES string of the molecule is C[C@@H](Sc1nnc(-c2ccc(Cl)cc2)n1C[C@@H]1CCCO1)c1nc2ccccc2c(=O)[nH]1. The second-order valence-corrected chi connectivity index (χ2v) is 9.53. The van der Waals surface area contributed by atoms with Crippen molar-refractivity contribution in [3.63, 3.8) is 0 Å². The first-order chi connectivity index (χ1) is 15.6. The molecule has 1 fully saturated rings. The quantitative estimate of drug-likeness (QED) is 0.407. The van der Waals surface area contributed by atoms with Crippen molar-refractivity contribution in [1.82, 2.24) is 24.7 Å². The van der Waals surface area contributed by atoms with Gasteiger partial charge in [-0.3, -0.25) is 9.36 Å². The standard InChI is InChI=1S/C23H22ClN5O2S/c1-14(20-25-19-7-3-2-6-18(19)22(30)26-20)32-23-28-27-21(15-8-10-16(24)11-9-15)29(23)13-17-5-4-12-31-17/h2-3,6-11,14,17H,4-5,12-13H2,1H3,(H,25,26,30)/t14-,17+/m1/s1. The molecule has 0 saturated carbocycles. The fourth-order valence-corrected chi connectivity index (χ4v) is 4.90. The Hall–Kier alpha value is -2.68. The molecule has 0 bridgehead atoms. The first-order valence-corrected chi connectivity index (χ1v) is 11.8. The van der Waals surface area contributed by atoms with Gasteiger partial charge in [-0.15, -0.1) is 10.2 Å². The molecule has 9 heteroatoms. The van der Waals surface area contributed by atoms with Crippen LogP contribution in [0, 0.1) is 0 Å². The summed E-state index contributed by atoms with van der Waals surface area (Å²) in [6, 6.07) is 14.9. The number of ether oxygens (including phenoxy) is 1. The molecule has 1 aliphatic heterocycles. The van der Waals surface area contributed by atoms with Crippen molar-refractivity contribution in [2.75, 3.05) is 6.61 Å². The molecule has 2 aromatic carbocycles. The summed E-state index contributed by atoms with van der Waals surface area (Å²) >= 11 is 7.59. The Balaban J connectivity index is 1.48. The van der Waals surface area contributed by atoms with Gasteiger partial charge in [-0.1, -0.05) is 35.5 Å². The van der Waals surface area contributed by atoms with Crippen molar-refractivity contribution in [1.29, 1.82) is 0 Å². The van der Waals surface area contributed by atoms with Gasteiger partial charge in [0.1, 0.15) is 5.82 Å². The Morgan fingerprint density at radius 3 is 2.81 bits per heavy atom. The Labute approximate surface area is 194 Å². The Morgan fingerprint density at radius 1 is 1.22 bits per heavy atom. The van der Waals surface area contributed by atoms with Crippen molar-refractivity contribution in [2.45, 2.75) is 42.8 Å². The average molecular weight is 468 g/mol. The molecule has 32 heavy (non-hydrogen) atoms. The lowest BCUT2D eigenvalue weighted by molar-refractivity contribution is 0.0953. The maximum Gasteiger partial charge on any atom is 0.258 e. The number of rotatable bonds is 6. The van der Waals surface area contributed by atoms with E-state index in [0.29, 0.717) is 28.3 Å². The van der Waals surface area contributed by atoms with E-state index in [2.05, 4.69) is 24.7 Å². The number of fused-ring (bicyclic) bond motifs is 1. The molecule has 0 aliphatic carbocycles. The van der Waals surface area contributed by atoms with Gasteiger partial charge < -0.3 is 9.72 Å². The van der Waals surface area contributed by atoms with E-state index in [1.807, 2.05) is 49.4 Å².